The smallest absolute Gasteiger partial charge is 0.341 e. The van der Waals surface area contributed by atoms with Crippen LogP contribution >= 0.6 is 0 Å². The Kier molecular flexibility index (Phi) is 4.10. The van der Waals surface area contributed by atoms with Gasteiger partial charge in [-0.2, -0.15) is 0 Å². The number of ether oxygens (including phenoxy) is 2. The minimum Gasteiger partial charge on any atom is -0.459 e. The summed E-state index contributed by atoms with van der Waals surface area (Å²) < 4.78 is 10.8. The minimum atomic E-state index is -0.767. The molecule has 1 heterocycles. The third-order valence-corrected chi connectivity index (χ3v) is 4.89. The lowest BCUT2D eigenvalue weighted by atomic mass is 9.65. The quantitative estimate of drug-likeness (QED) is 0.438. The number of hydrogen-bond donors (Lipinski definition) is 0. The topological polar surface area (TPSA) is 38.8 Å². The molecule has 1 aliphatic heterocycles. The number of carbonyl (C=O) groups is 1. The average Bonchev–Trinajstić information content (AvgIpc) is 3.03. The summed E-state index contributed by atoms with van der Waals surface area (Å²) in [5, 5.41) is 0. The van der Waals surface area contributed by atoms with Gasteiger partial charge in [0.25, 0.3) is 0 Å². The molecule has 3 nitrogen and oxygen atoms in total. The Balaban J connectivity index is 1.96. The van der Waals surface area contributed by atoms with Crippen molar-refractivity contribution >= 4 is 5.97 Å². The second kappa shape index (κ2) is 5.36. The molecule has 3 heteroatoms. The minimum absolute atomic E-state index is 0.0426. The third kappa shape index (κ3) is 2.83. The lowest BCUT2D eigenvalue weighted by Gasteiger charge is -2.40. The predicted molar refractivity (Wildman–Crippen MR) is 79.3 cm³/mol. The van der Waals surface area contributed by atoms with E-state index in [9.17, 15) is 4.79 Å². The van der Waals surface area contributed by atoms with Crippen LogP contribution in [-0.2, 0) is 14.3 Å². The highest BCUT2D eigenvalue weighted by molar-refractivity contribution is 5.83. The third-order valence-electron chi connectivity index (χ3n) is 4.89. The van der Waals surface area contributed by atoms with Crippen molar-refractivity contribution in [2.45, 2.75) is 58.2 Å². The van der Waals surface area contributed by atoms with Gasteiger partial charge in [-0.05, 0) is 43.9 Å². The molecule has 112 valence electrons. The molecule has 0 N–H and O–H groups in total. The van der Waals surface area contributed by atoms with Crippen LogP contribution in [0.5, 0.6) is 0 Å². The van der Waals surface area contributed by atoms with Crippen molar-refractivity contribution in [3.63, 3.8) is 0 Å². The summed E-state index contributed by atoms with van der Waals surface area (Å²) >= 11 is 0. The summed E-state index contributed by atoms with van der Waals surface area (Å²) in [5.74, 6) is 0.150. The molecule has 0 aromatic carbocycles. The van der Waals surface area contributed by atoms with Crippen LogP contribution in [-0.4, -0.2) is 24.3 Å². The highest BCUT2D eigenvalue weighted by Gasteiger charge is 2.61. The average molecular weight is 278 g/mol. The largest absolute Gasteiger partial charge is 0.459 e. The maximum Gasteiger partial charge on any atom is 0.341 e. The highest BCUT2D eigenvalue weighted by atomic mass is 16.7. The van der Waals surface area contributed by atoms with Crippen LogP contribution in [0.15, 0.2) is 24.8 Å². The van der Waals surface area contributed by atoms with Crippen molar-refractivity contribution in [1.82, 2.24) is 0 Å². The molecule has 1 aliphatic carbocycles. The summed E-state index contributed by atoms with van der Waals surface area (Å²) in [4.78, 5) is 12.0. The van der Waals surface area contributed by atoms with Crippen LogP contribution in [0.2, 0.25) is 0 Å². The van der Waals surface area contributed by atoms with Crippen LogP contribution in [0, 0.1) is 11.3 Å². The van der Waals surface area contributed by atoms with Gasteiger partial charge in [0.2, 0.25) is 0 Å². The Bertz CT molecular complexity index is 424. The van der Waals surface area contributed by atoms with Crippen molar-refractivity contribution in [2.75, 3.05) is 6.61 Å². The van der Waals surface area contributed by atoms with Crippen molar-refractivity contribution < 1.29 is 14.3 Å². The van der Waals surface area contributed by atoms with Crippen LogP contribution in [0.1, 0.15) is 46.5 Å². The first-order valence-electron chi connectivity index (χ1n) is 7.45. The number of rotatable bonds is 5. The molecule has 3 unspecified atom stereocenters. The molecule has 0 spiro atoms. The molecular weight excluding hydrogens is 252 g/mol. The van der Waals surface area contributed by atoms with Crippen molar-refractivity contribution in [1.29, 1.82) is 0 Å². The second-order valence-electron chi connectivity index (χ2n) is 6.89. The van der Waals surface area contributed by atoms with E-state index in [0.717, 1.165) is 12.8 Å². The van der Waals surface area contributed by atoms with Gasteiger partial charge in [-0.25, -0.2) is 4.79 Å². The summed E-state index contributed by atoms with van der Waals surface area (Å²) in [7, 11) is 0. The molecule has 2 aliphatic rings. The zero-order chi connectivity index (χ0) is 15.0. The first-order chi connectivity index (χ1) is 9.31. The standard InChI is InChI=1S/C17H26O3/c1-6-10-19-15(18)17(5)14(20-17)11-13-12(2)8-7-9-16(13,3)4/h6,13-14H,1-2,7-11H2,3-5H3. The summed E-state index contributed by atoms with van der Waals surface area (Å²) in [5.41, 5.74) is 0.780. The van der Waals surface area contributed by atoms with Gasteiger partial charge < -0.3 is 9.47 Å². The van der Waals surface area contributed by atoms with Gasteiger partial charge in [0.15, 0.2) is 5.60 Å². The summed E-state index contributed by atoms with van der Waals surface area (Å²) in [6.07, 6.45) is 5.92. The monoisotopic (exact) mass is 278 g/mol. The Labute approximate surface area is 122 Å². The fraction of sp³-hybridized carbons (Fsp3) is 0.706. The molecule has 2 rings (SSSR count). The number of allylic oxidation sites excluding steroid dienone is 1. The van der Waals surface area contributed by atoms with Gasteiger partial charge in [-0.15, -0.1) is 0 Å². The van der Waals surface area contributed by atoms with Gasteiger partial charge >= 0.3 is 5.97 Å². The first-order valence-corrected chi connectivity index (χ1v) is 7.45. The van der Waals surface area contributed by atoms with Crippen molar-refractivity contribution in [2.24, 2.45) is 11.3 Å². The van der Waals surface area contributed by atoms with Gasteiger partial charge in [-0.3, -0.25) is 0 Å². The summed E-state index contributed by atoms with van der Waals surface area (Å²) in [6.45, 7) is 14.4. The highest BCUT2D eigenvalue weighted by Crippen LogP contribution is 2.50. The van der Waals surface area contributed by atoms with E-state index in [4.69, 9.17) is 9.47 Å². The molecular formula is C17H26O3. The first kappa shape index (κ1) is 15.3. The molecule has 1 saturated carbocycles. The van der Waals surface area contributed by atoms with Crippen LogP contribution in [0.4, 0.5) is 0 Å². The van der Waals surface area contributed by atoms with E-state index in [-0.39, 0.29) is 24.1 Å². The van der Waals surface area contributed by atoms with Gasteiger partial charge in [-0.1, -0.05) is 38.7 Å². The molecule has 0 amide bonds. The van der Waals surface area contributed by atoms with Crippen LogP contribution < -0.4 is 0 Å². The maximum absolute atomic E-state index is 12.0. The Morgan fingerprint density at radius 2 is 2.20 bits per heavy atom. The van der Waals surface area contributed by atoms with E-state index in [0.29, 0.717) is 5.92 Å². The number of hydrogen-bond acceptors (Lipinski definition) is 3. The number of carbonyl (C=O) groups excluding carboxylic acids is 1. The summed E-state index contributed by atoms with van der Waals surface area (Å²) in [6, 6.07) is 0. The fourth-order valence-electron chi connectivity index (χ4n) is 3.36. The molecule has 0 bridgehead atoms. The maximum atomic E-state index is 12.0. The Morgan fingerprint density at radius 1 is 1.50 bits per heavy atom. The van der Waals surface area contributed by atoms with Gasteiger partial charge in [0.05, 0.1) is 6.10 Å². The normalized spacial score (nSPS) is 35.5. The van der Waals surface area contributed by atoms with E-state index >= 15 is 0 Å². The lowest BCUT2D eigenvalue weighted by molar-refractivity contribution is -0.148. The van der Waals surface area contributed by atoms with Gasteiger partial charge in [0, 0.05) is 0 Å². The Hall–Kier alpha value is -1.09. The van der Waals surface area contributed by atoms with E-state index in [1.807, 2.05) is 6.92 Å². The fourth-order valence-corrected chi connectivity index (χ4v) is 3.36. The van der Waals surface area contributed by atoms with E-state index in [1.54, 1.807) is 6.08 Å². The molecule has 0 aromatic heterocycles. The van der Waals surface area contributed by atoms with E-state index in [1.165, 1.54) is 18.4 Å². The molecule has 1 saturated heterocycles. The van der Waals surface area contributed by atoms with Crippen LogP contribution in [0.25, 0.3) is 0 Å². The van der Waals surface area contributed by atoms with Crippen molar-refractivity contribution in [3.8, 4) is 0 Å². The lowest BCUT2D eigenvalue weighted by Crippen LogP contribution is -2.33. The number of epoxide rings is 1. The second-order valence-corrected chi connectivity index (χ2v) is 6.89. The molecule has 0 aromatic rings. The zero-order valence-electron chi connectivity index (χ0n) is 12.9. The molecule has 0 radical (unpaired) electrons. The van der Waals surface area contributed by atoms with Crippen LogP contribution in [0.3, 0.4) is 0 Å². The van der Waals surface area contributed by atoms with Gasteiger partial charge in [0.1, 0.15) is 6.61 Å². The number of esters is 1. The molecule has 3 atom stereocenters. The molecule has 20 heavy (non-hydrogen) atoms. The molecule has 2 fully saturated rings. The SMILES string of the molecule is C=CCOC(=O)C1(C)OC1CC1C(=C)CCCC1(C)C. The van der Waals surface area contributed by atoms with Crippen molar-refractivity contribution in [3.05, 3.63) is 24.8 Å². The predicted octanol–water partition coefficient (Wildman–Crippen LogP) is 3.65. The van der Waals surface area contributed by atoms with E-state index in [2.05, 4.69) is 27.0 Å². The zero-order valence-corrected chi connectivity index (χ0v) is 12.9. The van der Waals surface area contributed by atoms with E-state index < -0.39 is 5.60 Å². The Morgan fingerprint density at radius 3 is 2.80 bits per heavy atom.